The predicted molar refractivity (Wildman–Crippen MR) is 64.3 cm³/mol. The molecule has 2 aromatic rings. The van der Waals surface area contributed by atoms with Crippen molar-refractivity contribution in [2.75, 3.05) is 0 Å². The molecule has 3 heteroatoms. The monoisotopic (exact) mass is 228 g/mol. The highest BCUT2D eigenvalue weighted by molar-refractivity contribution is 6.09. The summed E-state index contributed by atoms with van der Waals surface area (Å²) in [6.45, 7) is 2.00. The van der Waals surface area contributed by atoms with Crippen LogP contribution in [0.4, 0.5) is 0 Å². The normalized spacial score (nSPS) is 19.4. The minimum atomic E-state index is -0.346. The zero-order valence-corrected chi connectivity index (χ0v) is 9.53. The number of hydrogen-bond donors (Lipinski definition) is 0. The van der Waals surface area contributed by atoms with Gasteiger partial charge in [-0.1, -0.05) is 25.1 Å². The predicted octanol–water partition coefficient (Wildman–Crippen LogP) is 2.56. The van der Waals surface area contributed by atoms with E-state index in [1.54, 1.807) is 12.1 Å². The highest BCUT2D eigenvalue weighted by Crippen LogP contribution is 2.29. The molecule has 0 N–H and O–H groups in total. The third kappa shape index (κ3) is 1.50. The number of rotatable bonds is 0. The van der Waals surface area contributed by atoms with Crippen LogP contribution in [0.3, 0.4) is 0 Å². The molecule has 1 atom stereocenters. The summed E-state index contributed by atoms with van der Waals surface area (Å²) in [5.74, 6) is 0.885. The van der Waals surface area contributed by atoms with Gasteiger partial charge in [0.15, 0.2) is 5.78 Å². The second-order valence-corrected chi connectivity index (χ2v) is 4.67. The maximum atomic E-state index is 12.1. The fraction of sp³-hybridized carbons (Fsp3) is 0.286. The Morgan fingerprint density at radius 3 is 2.59 bits per heavy atom. The van der Waals surface area contributed by atoms with E-state index in [0.717, 1.165) is 5.39 Å². The average molecular weight is 228 g/mol. The van der Waals surface area contributed by atoms with E-state index in [2.05, 4.69) is 0 Å². The molecule has 1 aliphatic rings. The number of hydrogen-bond acceptors (Lipinski definition) is 3. The van der Waals surface area contributed by atoms with Crippen LogP contribution in [0.5, 0.6) is 0 Å². The summed E-state index contributed by atoms with van der Waals surface area (Å²) in [7, 11) is 0. The molecule has 0 radical (unpaired) electrons. The first-order valence-corrected chi connectivity index (χ1v) is 5.74. The largest absolute Gasteiger partial charge is 0.427 e. The zero-order chi connectivity index (χ0) is 12.0. The van der Waals surface area contributed by atoms with E-state index < -0.39 is 0 Å². The molecule has 0 fully saturated rings. The molecule has 0 saturated carbocycles. The van der Waals surface area contributed by atoms with Gasteiger partial charge in [0.2, 0.25) is 0 Å². The molecule has 3 nitrogen and oxygen atoms in total. The molecule has 1 aliphatic carbocycles. The van der Waals surface area contributed by atoms with Crippen LogP contribution in [-0.4, -0.2) is 5.78 Å². The van der Waals surface area contributed by atoms with Crippen LogP contribution in [-0.2, 0) is 6.42 Å². The Labute approximate surface area is 98.1 Å². The fourth-order valence-electron chi connectivity index (χ4n) is 2.50. The van der Waals surface area contributed by atoms with Crippen LogP contribution in [0, 0.1) is 5.92 Å². The lowest BCUT2D eigenvalue weighted by Crippen LogP contribution is -2.21. The van der Waals surface area contributed by atoms with E-state index in [9.17, 15) is 9.59 Å². The van der Waals surface area contributed by atoms with Crippen molar-refractivity contribution < 1.29 is 9.21 Å². The van der Waals surface area contributed by atoms with Gasteiger partial charge in [0, 0.05) is 18.2 Å². The van der Waals surface area contributed by atoms with Crippen LogP contribution in [0.25, 0.3) is 10.8 Å². The lowest BCUT2D eigenvalue weighted by molar-refractivity contribution is 0.0947. The van der Waals surface area contributed by atoms with E-state index in [1.165, 1.54) is 0 Å². The van der Waals surface area contributed by atoms with Gasteiger partial charge in [-0.3, -0.25) is 4.79 Å². The third-order valence-corrected chi connectivity index (χ3v) is 3.26. The standard InChI is InChI=1S/C14H12O3/c1-8-6-11(15)13-9-4-2-3-5-10(9)14(16)17-12(13)7-8/h2-5,8H,6-7H2,1H3. The quantitative estimate of drug-likeness (QED) is 0.696. The lowest BCUT2D eigenvalue weighted by Gasteiger charge is -2.19. The van der Waals surface area contributed by atoms with Gasteiger partial charge in [0.1, 0.15) is 5.76 Å². The Morgan fingerprint density at radius 1 is 1.12 bits per heavy atom. The van der Waals surface area contributed by atoms with Crippen molar-refractivity contribution in [3.05, 3.63) is 46.0 Å². The molecule has 86 valence electrons. The summed E-state index contributed by atoms with van der Waals surface area (Å²) in [6.07, 6.45) is 1.20. The summed E-state index contributed by atoms with van der Waals surface area (Å²) in [5, 5.41) is 1.23. The van der Waals surface area contributed by atoms with Crippen molar-refractivity contribution in [2.45, 2.75) is 19.8 Å². The Balaban J connectivity index is 2.43. The highest BCUT2D eigenvalue weighted by atomic mass is 16.4. The molecule has 0 saturated heterocycles. The second-order valence-electron chi connectivity index (χ2n) is 4.67. The van der Waals surface area contributed by atoms with Crippen LogP contribution < -0.4 is 5.63 Å². The molecular weight excluding hydrogens is 216 g/mol. The van der Waals surface area contributed by atoms with Crippen molar-refractivity contribution >= 4 is 16.6 Å². The van der Waals surface area contributed by atoms with E-state index >= 15 is 0 Å². The van der Waals surface area contributed by atoms with Crippen molar-refractivity contribution in [1.82, 2.24) is 0 Å². The minimum absolute atomic E-state index is 0.0821. The SMILES string of the molecule is CC1CC(=O)c2c(oc(=O)c3ccccc23)C1. The Morgan fingerprint density at radius 2 is 1.82 bits per heavy atom. The maximum Gasteiger partial charge on any atom is 0.343 e. The maximum absolute atomic E-state index is 12.1. The first kappa shape index (κ1) is 10.3. The second kappa shape index (κ2) is 3.55. The van der Waals surface area contributed by atoms with E-state index in [1.807, 2.05) is 19.1 Å². The van der Waals surface area contributed by atoms with Crippen molar-refractivity contribution in [1.29, 1.82) is 0 Å². The third-order valence-electron chi connectivity index (χ3n) is 3.26. The molecule has 1 aromatic heterocycles. The molecule has 3 rings (SSSR count). The summed E-state index contributed by atoms with van der Waals surface area (Å²) in [6, 6.07) is 7.14. The molecule has 1 heterocycles. The van der Waals surface area contributed by atoms with Crippen molar-refractivity contribution in [2.24, 2.45) is 5.92 Å². The number of carbonyl (C=O) groups excluding carboxylic acids is 1. The van der Waals surface area contributed by atoms with Gasteiger partial charge in [-0.05, 0) is 12.0 Å². The number of fused-ring (bicyclic) bond motifs is 3. The van der Waals surface area contributed by atoms with E-state index in [0.29, 0.717) is 29.6 Å². The average Bonchev–Trinajstić information content (AvgIpc) is 2.28. The molecule has 0 amide bonds. The van der Waals surface area contributed by atoms with Crippen LogP contribution >= 0.6 is 0 Å². The van der Waals surface area contributed by atoms with Crippen molar-refractivity contribution in [3.8, 4) is 0 Å². The number of benzene rings is 1. The van der Waals surface area contributed by atoms with Gasteiger partial charge in [-0.15, -0.1) is 0 Å². The number of ketones is 1. The molecule has 1 aromatic carbocycles. The number of carbonyl (C=O) groups is 1. The van der Waals surface area contributed by atoms with Gasteiger partial charge in [-0.25, -0.2) is 4.79 Å². The van der Waals surface area contributed by atoms with E-state index in [-0.39, 0.29) is 17.3 Å². The minimum Gasteiger partial charge on any atom is -0.427 e. The zero-order valence-electron chi connectivity index (χ0n) is 9.53. The van der Waals surface area contributed by atoms with Crippen molar-refractivity contribution in [3.63, 3.8) is 0 Å². The molecule has 0 bridgehead atoms. The van der Waals surface area contributed by atoms with Gasteiger partial charge in [-0.2, -0.15) is 0 Å². The topological polar surface area (TPSA) is 47.3 Å². The molecule has 0 aliphatic heterocycles. The summed E-state index contributed by atoms with van der Waals surface area (Å²) < 4.78 is 5.28. The van der Waals surface area contributed by atoms with Gasteiger partial charge >= 0.3 is 5.63 Å². The lowest BCUT2D eigenvalue weighted by atomic mass is 9.86. The molecule has 0 spiro atoms. The van der Waals surface area contributed by atoms with Crippen LogP contribution in [0.1, 0.15) is 29.5 Å². The van der Waals surface area contributed by atoms with Gasteiger partial charge in [0.05, 0.1) is 10.9 Å². The molecule has 1 unspecified atom stereocenters. The Bertz CT molecular complexity index is 667. The smallest absolute Gasteiger partial charge is 0.343 e. The highest BCUT2D eigenvalue weighted by Gasteiger charge is 2.27. The number of Topliss-reactive ketones (excluding diaryl/α,β-unsaturated/α-hetero) is 1. The Hall–Kier alpha value is -1.90. The summed E-state index contributed by atoms with van der Waals surface area (Å²) in [4.78, 5) is 23.8. The summed E-state index contributed by atoms with van der Waals surface area (Å²) in [5.41, 5.74) is 0.263. The van der Waals surface area contributed by atoms with Gasteiger partial charge < -0.3 is 4.42 Å². The van der Waals surface area contributed by atoms with Gasteiger partial charge in [0.25, 0.3) is 0 Å². The van der Waals surface area contributed by atoms with Crippen LogP contribution in [0.2, 0.25) is 0 Å². The van der Waals surface area contributed by atoms with Crippen LogP contribution in [0.15, 0.2) is 33.5 Å². The Kier molecular flexibility index (Phi) is 2.15. The fourth-order valence-corrected chi connectivity index (χ4v) is 2.50. The first-order valence-electron chi connectivity index (χ1n) is 5.74. The van der Waals surface area contributed by atoms with E-state index in [4.69, 9.17) is 4.42 Å². The molecule has 17 heavy (non-hydrogen) atoms. The molecular formula is C14H12O3. The first-order chi connectivity index (χ1) is 8.16. The summed E-state index contributed by atoms with van der Waals surface area (Å²) >= 11 is 0.